The van der Waals surface area contributed by atoms with Crippen LogP contribution in [0.4, 0.5) is 5.69 Å². The highest BCUT2D eigenvalue weighted by Crippen LogP contribution is 2.35. The van der Waals surface area contributed by atoms with Crippen LogP contribution in [0.1, 0.15) is 12.5 Å². The van der Waals surface area contributed by atoms with E-state index in [1.54, 1.807) is 30.3 Å². The Hall–Kier alpha value is -2.31. The molecular weight excluding hydrogens is 535 g/mol. The maximum atomic E-state index is 12.5. The number of ether oxygens (including phenoxy) is 2. The van der Waals surface area contributed by atoms with Crippen molar-refractivity contribution in [1.82, 2.24) is 0 Å². The van der Waals surface area contributed by atoms with Crippen LogP contribution in [0.3, 0.4) is 0 Å². The van der Waals surface area contributed by atoms with E-state index in [4.69, 9.17) is 9.47 Å². The highest BCUT2D eigenvalue weighted by molar-refractivity contribution is 14.1. The fourth-order valence-corrected chi connectivity index (χ4v) is 3.48. The molecule has 0 aliphatic heterocycles. The first-order chi connectivity index (χ1) is 13.5. The molecule has 0 fully saturated rings. The van der Waals surface area contributed by atoms with E-state index in [0.29, 0.717) is 36.0 Å². The molecule has 0 aliphatic carbocycles. The Bertz CT molecular complexity index is 951. The van der Waals surface area contributed by atoms with Gasteiger partial charge in [-0.2, -0.15) is 5.26 Å². The number of benzene rings is 2. The number of carbonyl (C=O) groups excluding carboxylic acids is 1. The lowest BCUT2D eigenvalue weighted by Gasteiger charge is -2.14. The number of hydrogen-bond acceptors (Lipinski definition) is 4. The quantitative estimate of drug-likeness (QED) is 0.201. The average Bonchev–Trinajstić information content (AvgIpc) is 2.65. The molecule has 0 spiro atoms. The van der Waals surface area contributed by atoms with Crippen molar-refractivity contribution in [1.29, 1.82) is 5.26 Å². The summed E-state index contributed by atoms with van der Waals surface area (Å²) >= 11 is 5.48. The number of nitrogens with one attached hydrogen (secondary N) is 1. The van der Waals surface area contributed by atoms with Gasteiger partial charge in [-0.05, 0) is 71.5 Å². The molecule has 0 saturated heterocycles. The van der Waals surface area contributed by atoms with Gasteiger partial charge in [0, 0.05) is 10.2 Å². The summed E-state index contributed by atoms with van der Waals surface area (Å²) in [5.74, 6) is 0.671. The van der Waals surface area contributed by atoms with Gasteiger partial charge in [-0.3, -0.25) is 4.79 Å². The molecule has 5 nitrogen and oxygen atoms in total. The molecule has 2 aromatic rings. The first kappa shape index (κ1) is 22.0. The Morgan fingerprint density at radius 3 is 2.79 bits per heavy atom. The summed E-state index contributed by atoms with van der Waals surface area (Å²) in [6.07, 6.45) is 3.18. The first-order valence-electron chi connectivity index (χ1n) is 8.37. The molecular formula is C21H18BrIN2O3. The summed E-state index contributed by atoms with van der Waals surface area (Å²) in [5, 5.41) is 12.2. The number of nitriles is 1. The van der Waals surface area contributed by atoms with Crippen molar-refractivity contribution in [3.63, 3.8) is 0 Å². The van der Waals surface area contributed by atoms with E-state index in [2.05, 4.69) is 50.4 Å². The van der Waals surface area contributed by atoms with Crippen molar-refractivity contribution < 1.29 is 14.3 Å². The number of rotatable bonds is 8. The number of anilines is 1. The molecule has 144 valence electrons. The predicted molar refractivity (Wildman–Crippen MR) is 122 cm³/mol. The van der Waals surface area contributed by atoms with Crippen molar-refractivity contribution in [3.8, 4) is 17.6 Å². The number of carbonyl (C=O) groups is 1. The van der Waals surface area contributed by atoms with Crippen LogP contribution in [0, 0.1) is 14.9 Å². The Labute approximate surface area is 186 Å². The van der Waals surface area contributed by atoms with E-state index in [-0.39, 0.29) is 5.57 Å². The fourth-order valence-electron chi connectivity index (χ4n) is 2.30. The molecule has 7 heteroatoms. The summed E-state index contributed by atoms with van der Waals surface area (Å²) < 4.78 is 13.0. The van der Waals surface area contributed by atoms with Crippen molar-refractivity contribution in [3.05, 3.63) is 68.2 Å². The molecule has 28 heavy (non-hydrogen) atoms. The number of halogens is 2. The lowest BCUT2D eigenvalue weighted by atomic mass is 10.1. The molecule has 2 aromatic carbocycles. The highest BCUT2D eigenvalue weighted by atomic mass is 127. The van der Waals surface area contributed by atoms with Gasteiger partial charge in [0.05, 0.1) is 10.2 Å². The van der Waals surface area contributed by atoms with Crippen molar-refractivity contribution in [2.24, 2.45) is 0 Å². The molecule has 2 rings (SSSR count). The van der Waals surface area contributed by atoms with Gasteiger partial charge in [0.1, 0.15) is 18.2 Å². The van der Waals surface area contributed by atoms with Crippen LogP contribution in [-0.4, -0.2) is 19.1 Å². The lowest BCUT2D eigenvalue weighted by molar-refractivity contribution is -0.112. The molecule has 0 saturated carbocycles. The Balaban J connectivity index is 2.33. The minimum atomic E-state index is -0.486. The third kappa shape index (κ3) is 6.11. The second-order valence-corrected chi connectivity index (χ2v) is 7.57. The largest absolute Gasteiger partial charge is 0.490 e. The van der Waals surface area contributed by atoms with E-state index in [0.717, 1.165) is 8.04 Å². The van der Waals surface area contributed by atoms with Crippen LogP contribution in [0.5, 0.6) is 11.5 Å². The van der Waals surface area contributed by atoms with Gasteiger partial charge in [-0.1, -0.05) is 34.7 Å². The fraction of sp³-hybridized carbons (Fsp3) is 0.143. The third-order valence-corrected chi connectivity index (χ3v) is 4.73. The van der Waals surface area contributed by atoms with Gasteiger partial charge >= 0.3 is 0 Å². The molecule has 0 atom stereocenters. The van der Waals surface area contributed by atoms with Gasteiger partial charge in [0.15, 0.2) is 11.5 Å². The van der Waals surface area contributed by atoms with E-state index < -0.39 is 5.91 Å². The normalized spacial score (nSPS) is 10.7. The van der Waals surface area contributed by atoms with Crippen molar-refractivity contribution in [2.45, 2.75) is 6.92 Å². The Morgan fingerprint density at radius 1 is 1.36 bits per heavy atom. The first-order valence-corrected chi connectivity index (χ1v) is 10.2. The average molecular weight is 553 g/mol. The number of nitrogens with zero attached hydrogens (tertiary/aromatic N) is 1. The molecule has 0 aromatic heterocycles. The van der Waals surface area contributed by atoms with E-state index in [1.165, 1.54) is 6.08 Å². The predicted octanol–water partition coefficient (Wildman–Crippen LogP) is 5.56. The van der Waals surface area contributed by atoms with Crippen LogP contribution in [-0.2, 0) is 4.79 Å². The summed E-state index contributed by atoms with van der Waals surface area (Å²) in [6, 6.07) is 12.7. The summed E-state index contributed by atoms with van der Waals surface area (Å²) in [7, 11) is 0. The molecule has 0 aliphatic rings. The van der Waals surface area contributed by atoms with E-state index in [9.17, 15) is 10.1 Å². The van der Waals surface area contributed by atoms with Gasteiger partial charge in [0.25, 0.3) is 5.91 Å². The van der Waals surface area contributed by atoms with Crippen LogP contribution in [0.2, 0.25) is 0 Å². The summed E-state index contributed by atoms with van der Waals surface area (Å²) in [6.45, 7) is 6.33. The lowest BCUT2D eigenvalue weighted by Crippen LogP contribution is -2.13. The molecule has 0 bridgehead atoms. The van der Waals surface area contributed by atoms with Crippen LogP contribution in [0.25, 0.3) is 6.08 Å². The van der Waals surface area contributed by atoms with Gasteiger partial charge < -0.3 is 14.8 Å². The third-order valence-electron chi connectivity index (χ3n) is 3.44. The molecule has 1 N–H and O–H groups in total. The smallest absolute Gasteiger partial charge is 0.266 e. The van der Waals surface area contributed by atoms with Gasteiger partial charge in [-0.15, -0.1) is 0 Å². The van der Waals surface area contributed by atoms with E-state index in [1.807, 2.05) is 25.1 Å². The number of amides is 1. The Morgan fingerprint density at radius 2 is 2.14 bits per heavy atom. The highest BCUT2D eigenvalue weighted by Gasteiger charge is 2.14. The van der Waals surface area contributed by atoms with Crippen LogP contribution < -0.4 is 14.8 Å². The van der Waals surface area contributed by atoms with E-state index >= 15 is 0 Å². The monoisotopic (exact) mass is 552 g/mol. The zero-order valence-electron chi connectivity index (χ0n) is 15.2. The molecule has 1 amide bonds. The molecule has 0 radical (unpaired) electrons. The van der Waals surface area contributed by atoms with Gasteiger partial charge in [0.2, 0.25) is 0 Å². The standard InChI is InChI=1S/C21H18BrIN2O3/c1-3-8-28-20-18(23)10-14(11-19(20)27-4-2)9-15(13-24)21(26)25-17-7-5-6-16(22)12-17/h3,5-7,9-12H,1,4,8H2,2H3,(H,25,26)/b15-9-. The number of hydrogen-bond donors (Lipinski definition) is 1. The Kier molecular flexibility index (Phi) is 8.54. The summed E-state index contributed by atoms with van der Waals surface area (Å²) in [5.41, 5.74) is 1.25. The maximum absolute atomic E-state index is 12.5. The van der Waals surface area contributed by atoms with Crippen LogP contribution in [0.15, 0.2) is 59.1 Å². The molecule has 0 heterocycles. The second kappa shape index (κ2) is 10.9. The minimum Gasteiger partial charge on any atom is -0.490 e. The zero-order chi connectivity index (χ0) is 20.5. The second-order valence-electron chi connectivity index (χ2n) is 5.50. The maximum Gasteiger partial charge on any atom is 0.266 e. The zero-order valence-corrected chi connectivity index (χ0v) is 18.9. The van der Waals surface area contributed by atoms with Crippen LogP contribution >= 0.6 is 38.5 Å². The topological polar surface area (TPSA) is 71.3 Å². The van der Waals surface area contributed by atoms with Crippen molar-refractivity contribution in [2.75, 3.05) is 18.5 Å². The molecule has 0 unspecified atom stereocenters. The minimum absolute atomic E-state index is 0.0158. The van der Waals surface area contributed by atoms with Gasteiger partial charge in [-0.25, -0.2) is 0 Å². The SMILES string of the molecule is C=CCOc1c(I)cc(/C=C(/C#N)C(=O)Nc2cccc(Br)c2)cc1OCC. The van der Waals surface area contributed by atoms with Crippen molar-refractivity contribution >= 4 is 56.2 Å². The summed E-state index contributed by atoms with van der Waals surface area (Å²) in [4.78, 5) is 12.5.